The molecular weight excluding hydrogens is 232 g/mol. The monoisotopic (exact) mass is 254 g/mol. The molecular formula is C13H22N2O3. The lowest BCUT2D eigenvalue weighted by molar-refractivity contribution is -0.138. The van der Waals surface area contributed by atoms with Gasteiger partial charge in [0.15, 0.2) is 0 Å². The van der Waals surface area contributed by atoms with Crippen LogP contribution in [-0.2, 0) is 9.59 Å². The zero-order valence-electron chi connectivity index (χ0n) is 10.9. The second-order valence-corrected chi connectivity index (χ2v) is 5.76. The van der Waals surface area contributed by atoms with Crippen LogP contribution in [0.25, 0.3) is 0 Å². The molecule has 18 heavy (non-hydrogen) atoms. The number of likely N-dealkylation sites (tertiary alicyclic amines) is 1. The van der Waals surface area contributed by atoms with Crippen LogP contribution in [0.1, 0.15) is 32.6 Å². The topological polar surface area (TPSA) is 69.6 Å². The molecule has 2 aliphatic rings. The summed E-state index contributed by atoms with van der Waals surface area (Å²) in [6.45, 7) is 4.31. The van der Waals surface area contributed by atoms with Gasteiger partial charge in [0.1, 0.15) is 0 Å². The van der Waals surface area contributed by atoms with Crippen LogP contribution in [0.5, 0.6) is 0 Å². The van der Waals surface area contributed by atoms with Crippen molar-refractivity contribution in [3.8, 4) is 0 Å². The van der Waals surface area contributed by atoms with E-state index in [4.69, 9.17) is 5.11 Å². The van der Waals surface area contributed by atoms with Gasteiger partial charge in [-0.25, -0.2) is 0 Å². The average molecular weight is 254 g/mol. The summed E-state index contributed by atoms with van der Waals surface area (Å²) in [5.74, 6) is 0.190. The predicted octanol–water partition coefficient (Wildman–Crippen LogP) is 0.698. The van der Waals surface area contributed by atoms with Crippen molar-refractivity contribution in [1.29, 1.82) is 0 Å². The van der Waals surface area contributed by atoms with Crippen molar-refractivity contribution in [2.45, 2.75) is 38.6 Å². The predicted molar refractivity (Wildman–Crippen MR) is 67.1 cm³/mol. The van der Waals surface area contributed by atoms with Gasteiger partial charge in [-0.2, -0.15) is 0 Å². The first-order valence-electron chi connectivity index (χ1n) is 6.74. The van der Waals surface area contributed by atoms with Crippen molar-refractivity contribution >= 4 is 11.9 Å². The third-order valence-corrected chi connectivity index (χ3v) is 3.70. The molecule has 1 amide bonds. The van der Waals surface area contributed by atoms with Crippen molar-refractivity contribution in [2.24, 2.45) is 11.8 Å². The molecule has 2 rings (SSSR count). The van der Waals surface area contributed by atoms with E-state index in [2.05, 4.69) is 10.2 Å². The number of rotatable bonds is 5. The summed E-state index contributed by atoms with van der Waals surface area (Å²) in [5, 5.41) is 11.8. The number of amides is 1. The van der Waals surface area contributed by atoms with E-state index in [-0.39, 0.29) is 24.3 Å². The van der Waals surface area contributed by atoms with Crippen LogP contribution in [0.4, 0.5) is 0 Å². The van der Waals surface area contributed by atoms with Gasteiger partial charge in [-0.15, -0.1) is 0 Å². The molecule has 5 heteroatoms. The molecule has 0 bridgehead atoms. The average Bonchev–Trinajstić information content (AvgIpc) is 2.98. The highest BCUT2D eigenvalue weighted by Crippen LogP contribution is 2.31. The van der Waals surface area contributed by atoms with Crippen LogP contribution in [0.2, 0.25) is 0 Å². The first-order valence-corrected chi connectivity index (χ1v) is 6.74. The molecule has 1 saturated carbocycles. The summed E-state index contributed by atoms with van der Waals surface area (Å²) in [6, 6.07) is 0.111. The molecule has 102 valence electrons. The Hall–Kier alpha value is -1.10. The summed E-state index contributed by atoms with van der Waals surface area (Å²) >= 11 is 0. The zero-order chi connectivity index (χ0) is 13.1. The Kier molecular flexibility index (Phi) is 4.22. The summed E-state index contributed by atoms with van der Waals surface area (Å²) < 4.78 is 0. The number of nitrogens with zero attached hydrogens (tertiary/aromatic N) is 1. The van der Waals surface area contributed by atoms with Gasteiger partial charge in [0.25, 0.3) is 0 Å². The fourth-order valence-electron chi connectivity index (χ4n) is 2.90. The van der Waals surface area contributed by atoms with E-state index < -0.39 is 5.97 Å². The number of carbonyl (C=O) groups excluding carboxylic acids is 1. The Labute approximate surface area is 108 Å². The van der Waals surface area contributed by atoms with Gasteiger partial charge in [0, 0.05) is 39.0 Å². The Balaban J connectivity index is 1.89. The largest absolute Gasteiger partial charge is 0.481 e. The molecule has 5 nitrogen and oxygen atoms in total. The van der Waals surface area contributed by atoms with E-state index >= 15 is 0 Å². The number of aliphatic carboxylic acids is 1. The fourth-order valence-corrected chi connectivity index (χ4v) is 2.90. The van der Waals surface area contributed by atoms with E-state index in [9.17, 15) is 9.59 Å². The van der Waals surface area contributed by atoms with Crippen LogP contribution in [0.3, 0.4) is 0 Å². The first kappa shape index (κ1) is 13.3. The summed E-state index contributed by atoms with van der Waals surface area (Å²) in [4.78, 5) is 24.3. The lowest BCUT2D eigenvalue weighted by Crippen LogP contribution is -2.51. The molecule has 1 aliphatic heterocycles. The summed E-state index contributed by atoms with van der Waals surface area (Å²) in [5.41, 5.74) is 0. The number of carbonyl (C=O) groups is 2. The van der Waals surface area contributed by atoms with Crippen LogP contribution in [-0.4, -0.2) is 47.6 Å². The minimum absolute atomic E-state index is 0.0256. The summed E-state index contributed by atoms with van der Waals surface area (Å²) in [7, 11) is 0. The number of carboxylic acids is 1. The molecule has 0 aromatic rings. The maximum absolute atomic E-state index is 11.1. The van der Waals surface area contributed by atoms with E-state index in [1.54, 1.807) is 0 Å². The van der Waals surface area contributed by atoms with Crippen molar-refractivity contribution in [3.05, 3.63) is 0 Å². The zero-order valence-corrected chi connectivity index (χ0v) is 10.9. The van der Waals surface area contributed by atoms with Gasteiger partial charge in [0.2, 0.25) is 5.91 Å². The van der Waals surface area contributed by atoms with E-state index in [1.165, 1.54) is 19.8 Å². The van der Waals surface area contributed by atoms with Crippen molar-refractivity contribution in [2.75, 3.05) is 19.6 Å². The molecule has 0 aromatic carbocycles. The smallest absolute Gasteiger partial charge is 0.303 e. The maximum atomic E-state index is 11.1. The van der Waals surface area contributed by atoms with Gasteiger partial charge >= 0.3 is 5.97 Å². The number of carboxylic acid groups (broad SMARTS) is 1. The molecule has 0 aromatic heterocycles. The Morgan fingerprint density at radius 1 is 1.28 bits per heavy atom. The molecule has 2 fully saturated rings. The molecule has 1 aliphatic carbocycles. The second-order valence-electron chi connectivity index (χ2n) is 5.76. The minimum Gasteiger partial charge on any atom is -0.481 e. The normalized spacial score (nSPS) is 28.9. The van der Waals surface area contributed by atoms with Gasteiger partial charge in [-0.05, 0) is 31.1 Å². The molecule has 2 N–H and O–H groups in total. The lowest BCUT2D eigenvalue weighted by Gasteiger charge is -2.37. The molecule has 2 atom stereocenters. The van der Waals surface area contributed by atoms with Gasteiger partial charge < -0.3 is 15.3 Å². The van der Waals surface area contributed by atoms with Crippen LogP contribution in [0, 0.1) is 11.8 Å². The highest BCUT2D eigenvalue weighted by Gasteiger charge is 2.32. The van der Waals surface area contributed by atoms with Gasteiger partial charge in [-0.1, -0.05) is 0 Å². The molecule has 2 unspecified atom stereocenters. The van der Waals surface area contributed by atoms with Crippen molar-refractivity contribution < 1.29 is 14.7 Å². The third kappa shape index (κ3) is 4.29. The number of nitrogens with one attached hydrogen (secondary N) is 1. The molecule has 1 heterocycles. The second kappa shape index (κ2) is 5.69. The van der Waals surface area contributed by atoms with Crippen molar-refractivity contribution in [1.82, 2.24) is 10.2 Å². The van der Waals surface area contributed by atoms with E-state index in [1.807, 2.05) is 0 Å². The molecule has 0 radical (unpaired) electrons. The Morgan fingerprint density at radius 2 is 2.00 bits per heavy atom. The Morgan fingerprint density at radius 3 is 2.56 bits per heavy atom. The number of hydrogen-bond acceptors (Lipinski definition) is 3. The standard InChI is InChI=1S/C13H22N2O3/c1-9(16)14-12-4-11(5-13(17)18)7-15(8-12)6-10-2-3-10/h10-12H,2-8H2,1H3,(H,14,16)(H,17,18). The van der Waals surface area contributed by atoms with Crippen LogP contribution in [0.15, 0.2) is 0 Å². The van der Waals surface area contributed by atoms with Crippen LogP contribution >= 0.6 is 0 Å². The molecule has 1 saturated heterocycles. The third-order valence-electron chi connectivity index (χ3n) is 3.70. The maximum Gasteiger partial charge on any atom is 0.303 e. The number of piperidine rings is 1. The van der Waals surface area contributed by atoms with E-state index in [0.29, 0.717) is 0 Å². The van der Waals surface area contributed by atoms with E-state index in [0.717, 1.165) is 32.0 Å². The SMILES string of the molecule is CC(=O)NC1CC(CC(=O)O)CN(CC2CC2)C1. The summed E-state index contributed by atoms with van der Waals surface area (Å²) in [6.07, 6.45) is 3.58. The quantitative estimate of drug-likeness (QED) is 0.757. The fraction of sp³-hybridized carbons (Fsp3) is 0.846. The highest BCUT2D eigenvalue weighted by atomic mass is 16.4. The highest BCUT2D eigenvalue weighted by molar-refractivity contribution is 5.73. The van der Waals surface area contributed by atoms with Gasteiger partial charge in [-0.3, -0.25) is 9.59 Å². The Bertz CT molecular complexity index is 304. The molecule has 0 spiro atoms. The minimum atomic E-state index is -0.741. The van der Waals surface area contributed by atoms with Gasteiger partial charge in [0.05, 0.1) is 0 Å². The number of hydrogen-bond donors (Lipinski definition) is 2. The first-order chi connectivity index (χ1) is 8.52. The lowest BCUT2D eigenvalue weighted by atomic mass is 9.91. The van der Waals surface area contributed by atoms with Crippen molar-refractivity contribution in [3.63, 3.8) is 0 Å². The van der Waals surface area contributed by atoms with Crippen LogP contribution < -0.4 is 5.32 Å².